The van der Waals surface area contributed by atoms with Gasteiger partial charge in [-0.25, -0.2) is 19.3 Å². The monoisotopic (exact) mass is 455 g/mol. The molecule has 0 saturated heterocycles. The van der Waals surface area contributed by atoms with E-state index in [1.165, 1.54) is 24.5 Å². The van der Waals surface area contributed by atoms with Crippen molar-refractivity contribution in [1.82, 2.24) is 35.1 Å². The van der Waals surface area contributed by atoms with Crippen LogP contribution in [-0.4, -0.2) is 40.9 Å². The Labute approximate surface area is 189 Å². The molecule has 33 heavy (non-hydrogen) atoms. The lowest BCUT2D eigenvalue weighted by Crippen LogP contribution is -1.91. The number of rotatable bonds is 4. The van der Waals surface area contributed by atoms with Crippen molar-refractivity contribution in [2.24, 2.45) is 0 Å². The number of carbonyl (C=O) groups excluding carboxylic acids is 1. The highest BCUT2D eigenvalue weighted by atomic mass is 32.1. The average molecular weight is 455 g/mol. The number of halogens is 1. The minimum atomic E-state index is -0.463. The third kappa shape index (κ3) is 3.11. The van der Waals surface area contributed by atoms with Crippen molar-refractivity contribution in [3.63, 3.8) is 0 Å². The quantitative estimate of drug-likeness (QED) is 0.361. The van der Waals surface area contributed by atoms with E-state index in [1.54, 1.807) is 36.8 Å². The van der Waals surface area contributed by atoms with E-state index in [9.17, 15) is 4.79 Å². The number of nitrogens with one attached hydrogen (secondary N) is 2. The Kier molecular flexibility index (Phi) is 4.34. The van der Waals surface area contributed by atoms with E-state index in [4.69, 9.17) is 0 Å². The zero-order valence-electron chi connectivity index (χ0n) is 17.1. The van der Waals surface area contributed by atoms with Gasteiger partial charge in [0, 0.05) is 46.4 Å². The van der Waals surface area contributed by atoms with Crippen LogP contribution < -0.4 is 0 Å². The van der Waals surface area contributed by atoms with Gasteiger partial charge < -0.3 is 4.98 Å². The molecule has 0 aromatic carbocycles. The summed E-state index contributed by atoms with van der Waals surface area (Å²) in [7, 11) is 0. The number of carbonyl (C=O) groups is 1. The molecule has 0 atom stereocenters. The Morgan fingerprint density at radius 2 is 1.94 bits per heavy atom. The Balaban J connectivity index is 1.52. The summed E-state index contributed by atoms with van der Waals surface area (Å²) in [4.78, 5) is 33.8. The van der Waals surface area contributed by atoms with Crippen molar-refractivity contribution >= 4 is 39.3 Å². The molecule has 0 spiro atoms. The lowest BCUT2D eigenvalue weighted by atomic mass is 10.1. The average Bonchev–Trinajstić information content (AvgIpc) is 3.57. The van der Waals surface area contributed by atoms with Gasteiger partial charge in [-0.2, -0.15) is 5.10 Å². The molecule has 0 unspecified atom stereocenters. The first-order valence-corrected chi connectivity index (χ1v) is 10.8. The van der Waals surface area contributed by atoms with E-state index >= 15 is 4.39 Å². The van der Waals surface area contributed by atoms with Crippen molar-refractivity contribution in [3.8, 4) is 33.1 Å². The fourth-order valence-electron chi connectivity index (χ4n) is 3.75. The summed E-state index contributed by atoms with van der Waals surface area (Å²) >= 11 is 1.40. The van der Waals surface area contributed by atoms with Crippen molar-refractivity contribution in [1.29, 1.82) is 0 Å². The van der Waals surface area contributed by atoms with Crippen LogP contribution in [-0.2, 0) is 0 Å². The lowest BCUT2D eigenvalue weighted by molar-refractivity contribution is 0.102. The molecule has 0 aliphatic rings. The minimum Gasteiger partial charge on any atom is -0.335 e. The SMILES string of the molecule is CC(=O)c1ccc(-c2ccnc3nc(-c4[nH]nc5ncc(-c6cccnc6)c(F)c45)[nH]c23)s1. The number of pyridine rings is 3. The first kappa shape index (κ1) is 19.4. The third-order valence-electron chi connectivity index (χ3n) is 5.34. The van der Waals surface area contributed by atoms with Gasteiger partial charge in [0.15, 0.2) is 22.9 Å². The fourth-order valence-corrected chi connectivity index (χ4v) is 4.68. The van der Waals surface area contributed by atoms with E-state index in [0.29, 0.717) is 38.7 Å². The molecule has 6 aromatic heterocycles. The molecule has 0 fully saturated rings. The van der Waals surface area contributed by atoms with E-state index in [0.717, 1.165) is 10.4 Å². The molecule has 6 heterocycles. The van der Waals surface area contributed by atoms with Crippen molar-refractivity contribution in [2.45, 2.75) is 6.92 Å². The molecule has 0 aliphatic carbocycles. The van der Waals surface area contributed by atoms with Gasteiger partial charge >= 0.3 is 0 Å². The van der Waals surface area contributed by atoms with Gasteiger partial charge in [0.2, 0.25) is 0 Å². The molecule has 0 amide bonds. The maximum Gasteiger partial charge on any atom is 0.184 e. The molecule has 0 aliphatic heterocycles. The molecule has 0 saturated carbocycles. The zero-order valence-corrected chi connectivity index (χ0v) is 17.9. The summed E-state index contributed by atoms with van der Waals surface area (Å²) in [5.74, 6) is -0.0623. The summed E-state index contributed by atoms with van der Waals surface area (Å²) < 4.78 is 15.6. The minimum absolute atomic E-state index is 0.0122. The smallest absolute Gasteiger partial charge is 0.184 e. The maximum atomic E-state index is 15.6. The number of H-pyrrole nitrogens is 2. The fraction of sp³-hybridized carbons (Fsp3) is 0.0435. The topological polar surface area (TPSA) is 113 Å². The van der Waals surface area contributed by atoms with Crippen molar-refractivity contribution in [3.05, 3.63) is 65.8 Å². The number of aromatic nitrogens is 7. The van der Waals surface area contributed by atoms with Crippen molar-refractivity contribution < 1.29 is 9.18 Å². The van der Waals surface area contributed by atoms with Gasteiger partial charge in [0.1, 0.15) is 11.5 Å². The Hall–Kier alpha value is -4.31. The molecule has 6 aromatic rings. The second-order valence-electron chi connectivity index (χ2n) is 7.39. The number of aromatic amines is 2. The summed E-state index contributed by atoms with van der Waals surface area (Å²) in [6, 6.07) is 9.06. The van der Waals surface area contributed by atoms with E-state index in [2.05, 4.69) is 35.1 Å². The number of hydrogen-bond acceptors (Lipinski definition) is 7. The molecule has 0 bridgehead atoms. The van der Waals surface area contributed by atoms with Crippen LogP contribution in [0.3, 0.4) is 0 Å². The largest absolute Gasteiger partial charge is 0.335 e. The standard InChI is InChI=1S/C23H14FN7OS/c1-11(32)15-4-5-16(33-15)13-6-8-26-22-19(13)28-23(29-22)20-17-18(24)14(10-27-21(17)31-30-20)12-3-2-7-25-9-12/h2-10H,1H3,(H,26,28,29)(H,27,30,31). The number of hydrogen-bond donors (Lipinski definition) is 2. The zero-order chi connectivity index (χ0) is 22.5. The highest BCUT2D eigenvalue weighted by molar-refractivity contribution is 7.17. The number of Topliss-reactive ketones (excluding diaryl/α,β-unsaturated/α-hetero) is 1. The highest BCUT2D eigenvalue weighted by Crippen LogP contribution is 2.35. The molecular formula is C23H14FN7OS. The second kappa shape index (κ2) is 7.38. The first-order chi connectivity index (χ1) is 16.1. The maximum absolute atomic E-state index is 15.6. The predicted molar refractivity (Wildman–Crippen MR) is 123 cm³/mol. The van der Waals surface area contributed by atoms with Gasteiger partial charge in [0.25, 0.3) is 0 Å². The molecule has 2 N–H and O–H groups in total. The summed E-state index contributed by atoms with van der Waals surface area (Å²) in [6.07, 6.45) is 6.31. The van der Waals surface area contributed by atoms with E-state index in [1.807, 2.05) is 12.1 Å². The Bertz CT molecular complexity index is 1670. The molecule has 0 radical (unpaired) electrons. The van der Waals surface area contributed by atoms with Crippen LogP contribution in [0.5, 0.6) is 0 Å². The summed E-state index contributed by atoms with van der Waals surface area (Å²) in [5, 5.41) is 7.24. The highest BCUT2D eigenvalue weighted by Gasteiger charge is 2.21. The van der Waals surface area contributed by atoms with E-state index in [-0.39, 0.29) is 16.8 Å². The van der Waals surface area contributed by atoms with Crippen LogP contribution in [0.1, 0.15) is 16.6 Å². The van der Waals surface area contributed by atoms with Gasteiger partial charge in [0.05, 0.1) is 15.8 Å². The predicted octanol–water partition coefficient (Wildman–Crippen LogP) is 5.03. The normalized spacial score (nSPS) is 11.5. The third-order valence-corrected chi connectivity index (χ3v) is 6.56. The molecule has 10 heteroatoms. The molecule has 6 rings (SSSR count). The van der Waals surface area contributed by atoms with Crippen LogP contribution in [0.4, 0.5) is 4.39 Å². The Morgan fingerprint density at radius 3 is 2.73 bits per heavy atom. The van der Waals surface area contributed by atoms with Gasteiger partial charge in [-0.05, 0) is 31.2 Å². The molecular weight excluding hydrogens is 441 g/mol. The first-order valence-electron chi connectivity index (χ1n) is 9.99. The van der Waals surface area contributed by atoms with Crippen LogP contribution >= 0.6 is 11.3 Å². The summed E-state index contributed by atoms with van der Waals surface area (Å²) in [5.41, 5.74) is 3.57. The molecule has 160 valence electrons. The number of fused-ring (bicyclic) bond motifs is 2. The lowest BCUT2D eigenvalue weighted by Gasteiger charge is -2.03. The number of ketones is 1. The number of thiophene rings is 1. The van der Waals surface area contributed by atoms with Crippen LogP contribution in [0.25, 0.3) is 55.3 Å². The number of imidazole rings is 1. The van der Waals surface area contributed by atoms with Crippen molar-refractivity contribution in [2.75, 3.05) is 0 Å². The van der Waals surface area contributed by atoms with Gasteiger partial charge in [-0.1, -0.05) is 6.07 Å². The van der Waals surface area contributed by atoms with E-state index < -0.39 is 5.82 Å². The molecule has 8 nitrogen and oxygen atoms in total. The second-order valence-corrected chi connectivity index (χ2v) is 8.47. The van der Waals surface area contributed by atoms with Gasteiger partial charge in [-0.15, -0.1) is 11.3 Å². The number of nitrogens with zero attached hydrogens (tertiary/aromatic N) is 5. The Morgan fingerprint density at radius 1 is 1.03 bits per heavy atom. The van der Waals surface area contributed by atoms with Crippen LogP contribution in [0, 0.1) is 5.82 Å². The van der Waals surface area contributed by atoms with Crippen LogP contribution in [0.15, 0.2) is 55.1 Å². The van der Waals surface area contributed by atoms with Crippen LogP contribution in [0.2, 0.25) is 0 Å². The summed E-state index contributed by atoms with van der Waals surface area (Å²) in [6.45, 7) is 1.54. The van der Waals surface area contributed by atoms with Gasteiger partial charge in [-0.3, -0.25) is 14.9 Å².